The van der Waals surface area contributed by atoms with Crippen LogP contribution in [0.2, 0.25) is 0 Å². The summed E-state index contributed by atoms with van der Waals surface area (Å²) >= 11 is 0. The lowest BCUT2D eigenvalue weighted by molar-refractivity contribution is 0.0204. The monoisotopic (exact) mass is 326 g/mol. The summed E-state index contributed by atoms with van der Waals surface area (Å²) in [6.45, 7) is 4.71. The summed E-state index contributed by atoms with van der Waals surface area (Å²) in [7, 11) is 0. The maximum atomic E-state index is 10.1. The van der Waals surface area contributed by atoms with Crippen LogP contribution in [-0.2, 0) is 6.42 Å². The normalized spacial score (nSPS) is 16.4. The molecule has 0 unspecified atom stereocenters. The second-order valence-electron chi connectivity index (χ2n) is 6.31. The van der Waals surface area contributed by atoms with E-state index in [-0.39, 0.29) is 6.61 Å². The number of ether oxygens (including phenoxy) is 1. The highest BCUT2D eigenvalue weighted by Gasteiger charge is 2.29. The molecule has 0 amide bonds. The fraction of sp³-hybridized carbons (Fsp3) is 0.444. The molecule has 0 saturated carbocycles. The van der Waals surface area contributed by atoms with Gasteiger partial charge in [0.15, 0.2) is 0 Å². The molecule has 1 aliphatic rings. The van der Waals surface area contributed by atoms with Crippen molar-refractivity contribution in [2.45, 2.75) is 25.5 Å². The number of hydrogen-bond acceptors (Lipinski definition) is 5. The van der Waals surface area contributed by atoms with Gasteiger partial charge in [0.25, 0.3) is 0 Å². The molecule has 1 atom stereocenters. The Morgan fingerprint density at radius 1 is 1.38 bits per heavy atom. The lowest BCUT2D eigenvalue weighted by Gasteiger charge is -2.40. The zero-order valence-electron chi connectivity index (χ0n) is 13.8. The zero-order valence-corrected chi connectivity index (χ0v) is 13.8. The van der Waals surface area contributed by atoms with Crippen molar-refractivity contribution in [1.29, 1.82) is 5.26 Å². The van der Waals surface area contributed by atoms with Gasteiger partial charge < -0.3 is 9.84 Å². The minimum absolute atomic E-state index is 0.264. The summed E-state index contributed by atoms with van der Waals surface area (Å²) < 4.78 is 7.61. The number of nitrogens with zero attached hydrogens (tertiary/aromatic N) is 4. The van der Waals surface area contributed by atoms with Gasteiger partial charge >= 0.3 is 0 Å². The smallest absolute Gasteiger partial charge is 0.119 e. The van der Waals surface area contributed by atoms with E-state index in [4.69, 9.17) is 10.00 Å². The minimum atomic E-state index is -0.524. The third-order valence-corrected chi connectivity index (χ3v) is 4.16. The lowest BCUT2D eigenvalue weighted by atomic mass is 10.1. The Morgan fingerprint density at radius 3 is 2.75 bits per heavy atom. The van der Waals surface area contributed by atoms with Gasteiger partial charge in [-0.3, -0.25) is 9.58 Å². The molecule has 6 heteroatoms. The Bertz CT molecular complexity index is 699. The summed E-state index contributed by atoms with van der Waals surface area (Å²) in [6, 6.07) is 9.92. The molecule has 1 aromatic heterocycles. The molecule has 2 aromatic rings. The first kappa shape index (κ1) is 16.5. The topological polar surface area (TPSA) is 74.3 Å². The first-order valence-corrected chi connectivity index (χ1v) is 8.14. The van der Waals surface area contributed by atoms with Gasteiger partial charge in [0.2, 0.25) is 0 Å². The Labute approximate surface area is 141 Å². The molecule has 0 spiro atoms. The van der Waals surface area contributed by atoms with Crippen LogP contribution >= 0.6 is 0 Å². The zero-order chi connectivity index (χ0) is 16.9. The van der Waals surface area contributed by atoms with Gasteiger partial charge in [0.1, 0.15) is 18.5 Å². The maximum Gasteiger partial charge on any atom is 0.119 e. The Kier molecular flexibility index (Phi) is 5.14. The standard InChI is InChI=1S/C18H22N4O2/c1-14-8-20-22(9-14)16-10-21(11-16)12-17(23)13-24-18-4-2-15(3-5-18)6-7-19/h2-5,8-9,16-17,23H,6,10-13H2,1H3/t17-/m1/s1. The summed E-state index contributed by atoms with van der Waals surface area (Å²) in [5.74, 6) is 0.712. The van der Waals surface area contributed by atoms with Crippen LogP contribution in [-0.4, -0.2) is 52.1 Å². The average Bonchev–Trinajstić information content (AvgIpc) is 2.96. The molecule has 1 aromatic carbocycles. The SMILES string of the molecule is Cc1cnn(C2CN(C[C@@H](O)COc3ccc(CC#N)cc3)C2)c1. The van der Waals surface area contributed by atoms with E-state index in [1.807, 2.05) is 42.1 Å². The van der Waals surface area contributed by atoms with E-state index in [1.54, 1.807) is 0 Å². The molecule has 6 nitrogen and oxygen atoms in total. The van der Waals surface area contributed by atoms with Crippen molar-refractivity contribution in [2.24, 2.45) is 0 Å². The quantitative estimate of drug-likeness (QED) is 0.836. The van der Waals surface area contributed by atoms with Crippen molar-refractivity contribution in [2.75, 3.05) is 26.2 Å². The highest BCUT2D eigenvalue weighted by Crippen LogP contribution is 2.21. The molecule has 2 heterocycles. The molecular formula is C18H22N4O2. The molecule has 1 aliphatic heterocycles. The van der Waals surface area contributed by atoms with Crippen LogP contribution in [0.4, 0.5) is 0 Å². The van der Waals surface area contributed by atoms with E-state index in [9.17, 15) is 5.11 Å². The number of hydrogen-bond donors (Lipinski definition) is 1. The van der Waals surface area contributed by atoms with E-state index < -0.39 is 6.10 Å². The van der Waals surface area contributed by atoms with Gasteiger partial charge in [-0.05, 0) is 30.2 Å². The second-order valence-corrected chi connectivity index (χ2v) is 6.31. The van der Waals surface area contributed by atoms with Gasteiger partial charge in [-0.2, -0.15) is 10.4 Å². The summed E-state index contributed by atoms with van der Waals surface area (Å²) in [5.41, 5.74) is 2.13. The van der Waals surface area contributed by atoms with Crippen molar-refractivity contribution in [3.8, 4) is 11.8 Å². The molecule has 0 aliphatic carbocycles. The Hall–Kier alpha value is -2.36. The predicted molar refractivity (Wildman–Crippen MR) is 89.7 cm³/mol. The van der Waals surface area contributed by atoms with Gasteiger partial charge in [0, 0.05) is 25.8 Å². The number of β-amino-alcohol motifs (C(OH)–C–C–N with tert-alkyl or cyclic N) is 1. The number of aliphatic hydroxyl groups is 1. The van der Waals surface area contributed by atoms with Crippen LogP contribution in [0, 0.1) is 18.3 Å². The van der Waals surface area contributed by atoms with Crippen LogP contribution < -0.4 is 4.74 Å². The minimum Gasteiger partial charge on any atom is -0.491 e. The molecule has 1 N–H and O–H groups in total. The number of rotatable bonds is 7. The van der Waals surface area contributed by atoms with Crippen molar-refractivity contribution >= 4 is 0 Å². The van der Waals surface area contributed by atoms with Crippen LogP contribution in [0.15, 0.2) is 36.7 Å². The highest BCUT2D eigenvalue weighted by atomic mass is 16.5. The van der Waals surface area contributed by atoms with Crippen molar-refractivity contribution in [3.63, 3.8) is 0 Å². The number of aryl methyl sites for hydroxylation is 1. The first-order valence-electron chi connectivity index (χ1n) is 8.14. The fourth-order valence-electron chi connectivity index (χ4n) is 2.83. The largest absolute Gasteiger partial charge is 0.491 e. The summed E-state index contributed by atoms with van der Waals surface area (Å²) in [4.78, 5) is 2.20. The molecule has 3 rings (SSSR count). The maximum absolute atomic E-state index is 10.1. The number of likely N-dealkylation sites (tertiary alicyclic amines) is 1. The van der Waals surface area contributed by atoms with E-state index >= 15 is 0 Å². The summed E-state index contributed by atoms with van der Waals surface area (Å²) in [5, 5.41) is 23.1. The van der Waals surface area contributed by atoms with E-state index in [2.05, 4.69) is 22.3 Å². The number of benzene rings is 1. The van der Waals surface area contributed by atoms with Gasteiger partial charge in [-0.1, -0.05) is 12.1 Å². The molecule has 1 saturated heterocycles. The molecule has 24 heavy (non-hydrogen) atoms. The first-order chi connectivity index (χ1) is 11.6. The van der Waals surface area contributed by atoms with Crippen LogP contribution in [0.1, 0.15) is 17.2 Å². The number of aliphatic hydroxyl groups excluding tert-OH is 1. The van der Waals surface area contributed by atoms with Crippen molar-refractivity contribution in [1.82, 2.24) is 14.7 Å². The number of nitriles is 1. The van der Waals surface area contributed by atoms with Crippen LogP contribution in [0.25, 0.3) is 0 Å². The highest BCUT2D eigenvalue weighted by molar-refractivity contribution is 5.28. The van der Waals surface area contributed by atoms with Gasteiger partial charge in [0.05, 0.1) is 24.7 Å². The van der Waals surface area contributed by atoms with Crippen LogP contribution in [0.3, 0.4) is 0 Å². The van der Waals surface area contributed by atoms with Crippen molar-refractivity contribution in [3.05, 3.63) is 47.8 Å². The molecule has 0 radical (unpaired) electrons. The van der Waals surface area contributed by atoms with Crippen molar-refractivity contribution < 1.29 is 9.84 Å². The second kappa shape index (κ2) is 7.47. The van der Waals surface area contributed by atoms with E-state index in [1.165, 1.54) is 5.56 Å². The number of aromatic nitrogens is 2. The van der Waals surface area contributed by atoms with E-state index in [0.717, 1.165) is 18.7 Å². The predicted octanol–water partition coefficient (Wildman–Crippen LogP) is 1.55. The molecular weight excluding hydrogens is 304 g/mol. The molecule has 126 valence electrons. The Morgan fingerprint density at radius 2 is 2.12 bits per heavy atom. The molecule has 1 fully saturated rings. The van der Waals surface area contributed by atoms with Gasteiger partial charge in [-0.15, -0.1) is 0 Å². The fourth-order valence-corrected chi connectivity index (χ4v) is 2.83. The molecule has 0 bridgehead atoms. The van der Waals surface area contributed by atoms with Crippen LogP contribution in [0.5, 0.6) is 5.75 Å². The summed E-state index contributed by atoms with van der Waals surface area (Å²) in [6.07, 6.45) is 3.80. The van der Waals surface area contributed by atoms with Gasteiger partial charge in [-0.25, -0.2) is 0 Å². The average molecular weight is 326 g/mol. The third-order valence-electron chi connectivity index (χ3n) is 4.16. The Balaban J connectivity index is 1.37. The lowest BCUT2D eigenvalue weighted by Crippen LogP contribution is -2.51. The third kappa shape index (κ3) is 4.13. The van der Waals surface area contributed by atoms with E-state index in [0.29, 0.717) is 24.8 Å².